The highest BCUT2D eigenvalue weighted by Gasteiger charge is 2.19. The first-order chi connectivity index (χ1) is 11.7. The van der Waals surface area contributed by atoms with Crippen LogP contribution in [0, 0.1) is 0 Å². The maximum atomic E-state index is 12.5. The second kappa shape index (κ2) is 6.14. The Bertz CT molecular complexity index is 931. The van der Waals surface area contributed by atoms with Crippen LogP contribution in [0.5, 0.6) is 5.75 Å². The van der Waals surface area contributed by atoms with Gasteiger partial charge >= 0.3 is 0 Å². The summed E-state index contributed by atoms with van der Waals surface area (Å²) in [4.78, 5) is 12.5. The molecule has 3 heteroatoms. The molecule has 4 rings (SSSR count). The average molecular weight is 335 g/mol. The van der Waals surface area contributed by atoms with Gasteiger partial charge in [0.05, 0.1) is 5.02 Å². The molecule has 0 fully saturated rings. The van der Waals surface area contributed by atoms with E-state index in [-0.39, 0.29) is 12.4 Å². The molecule has 0 bridgehead atoms. The van der Waals surface area contributed by atoms with E-state index >= 15 is 0 Å². The fraction of sp³-hybridized carbons (Fsp3) is 0.0952. The van der Waals surface area contributed by atoms with Crippen molar-refractivity contribution in [2.24, 2.45) is 0 Å². The number of carbonyl (C=O) groups excluding carboxylic acids is 1. The Morgan fingerprint density at radius 2 is 1.67 bits per heavy atom. The number of carbonyl (C=O) groups is 1. The van der Waals surface area contributed by atoms with Gasteiger partial charge in [-0.1, -0.05) is 60.1 Å². The molecule has 118 valence electrons. The zero-order valence-electron chi connectivity index (χ0n) is 13.0. The highest BCUT2D eigenvalue weighted by molar-refractivity contribution is 6.32. The number of hydrogen-bond acceptors (Lipinski definition) is 2. The van der Waals surface area contributed by atoms with Crippen molar-refractivity contribution in [1.29, 1.82) is 0 Å². The van der Waals surface area contributed by atoms with E-state index in [1.807, 2.05) is 42.5 Å². The van der Waals surface area contributed by atoms with Gasteiger partial charge in [-0.3, -0.25) is 4.79 Å². The van der Waals surface area contributed by atoms with Crippen LogP contribution in [-0.4, -0.2) is 12.4 Å². The summed E-state index contributed by atoms with van der Waals surface area (Å²) in [5.74, 6) is 0.473. The first-order valence-corrected chi connectivity index (χ1v) is 8.22. The lowest BCUT2D eigenvalue weighted by Crippen LogP contribution is -2.12. The van der Waals surface area contributed by atoms with Gasteiger partial charge in [0.15, 0.2) is 12.4 Å². The standard InChI is InChI=1S/C21H15ClO2/c22-19-7-3-4-8-21(19)24-13-20(23)16-10-9-15-11-14-5-1-2-6-17(14)18(15)12-16/h1-10,12H,11,13H2. The largest absolute Gasteiger partial charge is 0.484 e. The van der Waals surface area contributed by atoms with Gasteiger partial charge in [0.1, 0.15) is 5.75 Å². The number of fused-ring (bicyclic) bond motifs is 3. The summed E-state index contributed by atoms with van der Waals surface area (Å²) in [5.41, 5.74) is 5.60. The molecule has 0 N–H and O–H groups in total. The van der Waals surface area contributed by atoms with Crippen molar-refractivity contribution in [2.45, 2.75) is 6.42 Å². The number of Topliss-reactive ketones (excluding diaryl/α,β-unsaturated/α-hetero) is 1. The van der Waals surface area contributed by atoms with E-state index in [0.717, 1.165) is 12.0 Å². The van der Waals surface area contributed by atoms with Crippen molar-refractivity contribution in [3.05, 3.63) is 88.4 Å². The normalized spacial score (nSPS) is 11.7. The fourth-order valence-electron chi connectivity index (χ4n) is 3.09. The van der Waals surface area contributed by atoms with E-state index in [1.54, 1.807) is 12.1 Å². The smallest absolute Gasteiger partial charge is 0.200 e. The van der Waals surface area contributed by atoms with Crippen LogP contribution in [0.15, 0.2) is 66.7 Å². The van der Waals surface area contributed by atoms with Gasteiger partial charge in [0.25, 0.3) is 0 Å². The molecule has 2 nitrogen and oxygen atoms in total. The highest BCUT2D eigenvalue weighted by Crippen LogP contribution is 2.36. The lowest BCUT2D eigenvalue weighted by molar-refractivity contribution is 0.0921. The molecule has 0 spiro atoms. The Hall–Kier alpha value is -2.58. The number of hydrogen-bond donors (Lipinski definition) is 0. The van der Waals surface area contributed by atoms with E-state index in [4.69, 9.17) is 16.3 Å². The van der Waals surface area contributed by atoms with E-state index in [0.29, 0.717) is 16.3 Å². The summed E-state index contributed by atoms with van der Waals surface area (Å²) in [5, 5.41) is 0.508. The zero-order chi connectivity index (χ0) is 16.5. The fourth-order valence-corrected chi connectivity index (χ4v) is 3.28. The zero-order valence-corrected chi connectivity index (χ0v) is 13.7. The number of ketones is 1. The third-order valence-corrected chi connectivity index (χ3v) is 4.63. The van der Waals surface area contributed by atoms with Gasteiger partial charge in [0, 0.05) is 5.56 Å². The van der Waals surface area contributed by atoms with Gasteiger partial charge in [-0.05, 0) is 46.9 Å². The maximum Gasteiger partial charge on any atom is 0.200 e. The van der Waals surface area contributed by atoms with E-state index in [1.165, 1.54) is 16.7 Å². The first-order valence-electron chi connectivity index (χ1n) is 7.84. The molecule has 0 saturated heterocycles. The van der Waals surface area contributed by atoms with E-state index in [9.17, 15) is 4.79 Å². The molecule has 24 heavy (non-hydrogen) atoms. The number of ether oxygens (including phenoxy) is 1. The molecule has 0 atom stereocenters. The maximum absolute atomic E-state index is 12.5. The molecular formula is C21H15ClO2. The molecule has 0 aliphatic heterocycles. The van der Waals surface area contributed by atoms with Crippen LogP contribution < -0.4 is 4.74 Å². The summed E-state index contributed by atoms with van der Waals surface area (Å²) in [7, 11) is 0. The molecule has 1 aliphatic carbocycles. The third kappa shape index (κ3) is 2.70. The van der Waals surface area contributed by atoms with Crippen LogP contribution in [0.1, 0.15) is 21.5 Å². The SMILES string of the molecule is O=C(COc1ccccc1Cl)c1ccc2c(c1)-c1ccccc1C2. The third-order valence-electron chi connectivity index (χ3n) is 4.32. The number of halogens is 1. The van der Waals surface area contributed by atoms with Crippen molar-refractivity contribution in [2.75, 3.05) is 6.61 Å². The second-order valence-corrected chi connectivity index (χ2v) is 6.26. The molecule has 0 unspecified atom stereocenters. The minimum Gasteiger partial charge on any atom is -0.484 e. The van der Waals surface area contributed by atoms with Gasteiger partial charge < -0.3 is 4.74 Å². The van der Waals surface area contributed by atoms with Crippen molar-refractivity contribution >= 4 is 17.4 Å². The van der Waals surface area contributed by atoms with Crippen LogP contribution in [0.3, 0.4) is 0 Å². The van der Waals surface area contributed by atoms with Crippen LogP contribution in [0.2, 0.25) is 5.02 Å². The van der Waals surface area contributed by atoms with Crippen molar-refractivity contribution < 1.29 is 9.53 Å². The van der Waals surface area contributed by atoms with Gasteiger partial charge in [-0.2, -0.15) is 0 Å². The molecule has 3 aromatic rings. The number of rotatable bonds is 4. The first kappa shape index (κ1) is 15.0. The minimum absolute atomic E-state index is 0.0236. The number of para-hydroxylation sites is 1. The van der Waals surface area contributed by atoms with Crippen molar-refractivity contribution in [1.82, 2.24) is 0 Å². The summed E-state index contributed by atoms with van der Waals surface area (Å²) < 4.78 is 5.56. The summed E-state index contributed by atoms with van der Waals surface area (Å²) in [6, 6.07) is 21.4. The van der Waals surface area contributed by atoms with Crippen LogP contribution in [0.4, 0.5) is 0 Å². The summed E-state index contributed by atoms with van der Waals surface area (Å²) in [6.07, 6.45) is 0.927. The molecule has 0 heterocycles. The van der Waals surface area contributed by atoms with Crippen LogP contribution in [0.25, 0.3) is 11.1 Å². The molecule has 0 radical (unpaired) electrons. The average Bonchev–Trinajstić information content (AvgIpc) is 2.98. The molecule has 3 aromatic carbocycles. The topological polar surface area (TPSA) is 26.3 Å². The summed E-state index contributed by atoms with van der Waals surface area (Å²) >= 11 is 6.05. The lowest BCUT2D eigenvalue weighted by Gasteiger charge is -2.08. The van der Waals surface area contributed by atoms with E-state index < -0.39 is 0 Å². The Morgan fingerprint density at radius 3 is 2.54 bits per heavy atom. The molecule has 1 aliphatic rings. The minimum atomic E-state index is -0.0536. The quantitative estimate of drug-likeness (QED) is 0.481. The Balaban J connectivity index is 1.56. The van der Waals surface area contributed by atoms with Gasteiger partial charge in [-0.25, -0.2) is 0 Å². The Kier molecular flexibility index (Phi) is 3.83. The van der Waals surface area contributed by atoms with Crippen molar-refractivity contribution in [3.8, 4) is 16.9 Å². The molecule has 0 saturated carbocycles. The Morgan fingerprint density at radius 1 is 0.917 bits per heavy atom. The van der Waals surface area contributed by atoms with Crippen molar-refractivity contribution in [3.63, 3.8) is 0 Å². The predicted octanol–water partition coefficient (Wildman–Crippen LogP) is 5.17. The predicted molar refractivity (Wildman–Crippen MR) is 96.0 cm³/mol. The van der Waals surface area contributed by atoms with Crippen LogP contribution >= 0.6 is 11.6 Å². The molecular weight excluding hydrogens is 320 g/mol. The Labute approximate surface area is 145 Å². The lowest BCUT2D eigenvalue weighted by atomic mass is 10.0. The summed E-state index contributed by atoms with van der Waals surface area (Å²) in [6.45, 7) is -0.0236. The molecule has 0 amide bonds. The van der Waals surface area contributed by atoms with Gasteiger partial charge in [-0.15, -0.1) is 0 Å². The van der Waals surface area contributed by atoms with Gasteiger partial charge in [0.2, 0.25) is 0 Å². The molecule has 0 aromatic heterocycles. The second-order valence-electron chi connectivity index (χ2n) is 5.85. The monoisotopic (exact) mass is 334 g/mol. The highest BCUT2D eigenvalue weighted by atomic mass is 35.5. The van der Waals surface area contributed by atoms with E-state index in [2.05, 4.69) is 12.1 Å². The van der Waals surface area contributed by atoms with Crippen LogP contribution in [-0.2, 0) is 6.42 Å². The number of benzene rings is 3.